The molecule has 2 aromatic rings. The predicted molar refractivity (Wildman–Crippen MR) is 112 cm³/mol. The van der Waals surface area contributed by atoms with Gasteiger partial charge in [-0.15, -0.1) is 0 Å². The van der Waals surface area contributed by atoms with Crippen molar-refractivity contribution in [1.82, 2.24) is 5.43 Å². The molecule has 1 aliphatic rings. The van der Waals surface area contributed by atoms with Gasteiger partial charge in [0.25, 0.3) is 0 Å². The van der Waals surface area contributed by atoms with Crippen LogP contribution in [0.25, 0.3) is 5.70 Å². The molecule has 26 heavy (non-hydrogen) atoms. The minimum Gasteiger partial charge on any atom is -0.279 e. The van der Waals surface area contributed by atoms with Gasteiger partial charge in [0.15, 0.2) is 0 Å². The van der Waals surface area contributed by atoms with Crippen molar-refractivity contribution in [2.75, 3.05) is 5.01 Å². The first-order chi connectivity index (χ1) is 12.4. The lowest BCUT2D eigenvalue weighted by molar-refractivity contribution is -0.112. The molecule has 0 fully saturated rings. The molecule has 0 saturated carbocycles. The van der Waals surface area contributed by atoms with Gasteiger partial charge in [0, 0.05) is 10.0 Å². The van der Waals surface area contributed by atoms with E-state index in [4.69, 9.17) is 46.4 Å². The Kier molecular flexibility index (Phi) is 7.39. The summed E-state index contributed by atoms with van der Waals surface area (Å²) in [7, 11) is 0. The zero-order valence-corrected chi connectivity index (χ0v) is 17.5. The minimum absolute atomic E-state index is 0.455. The molecule has 7 heteroatoms. The van der Waals surface area contributed by atoms with Crippen LogP contribution in [0.5, 0.6) is 0 Å². The molecular formula is C19H18Cl4N2O. The zero-order chi connectivity index (χ0) is 19.4. The van der Waals surface area contributed by atoms with Gasteiger partial charge < -0.3 is 0 Å². The molecule has 1 aliphatic heterocycles. The lowest BCUT2D eigenvalue weighted by Crippen LogP contribution is -2.40. The van der Waals surface area contributed by atoms with Gasteiger partial charge in [-0.3, -0.25) is 9.80 Å². The molecular weight excluding hydrogens is 414 g/mol. The molecule has 0 bridgehead atoms. The second kappa shape index (κ2) is 9.12. The van der Waals surface area contributed by atoms with E-state index in [9.17, 15) is 4.79 Å². The summed E-state index contributed by atoms with van der Waals surface area (Å²) in [4.78, 5) is 11.8. The summed E-state index contributed by atoms with van der Waals surface area (Å²) in [5.74, 6) is 0. The highest BCUT2D eigenvalue weighted by atomic mass is 35.5. The maximum Gasteiger partial charge on any atom is 0.244 e. The molecule has 1 N–H and O–H groups in total. The van der Waals surface area contributed by atoms with E-state index < -0.39 is 11.3 Å². The van der Waals surface area contributed by atoms with Gasteiger partial charge in [0.2, 0.25) is 5.24 Å². The van der Waals surface area contributed by atoms with Crippen LogP contribution in [0.2, 0.25) is 15.1 Å². The summed E-state index contributed by atoms with van der Waals surface area (Å²) in [6, 6.07) is 11.8. The van der Waals surface area contributed by atoms with Crippen molar-refractivity contribution in [3.63, 3.8) is 0 Å². The van der Waals surface area contributed by atoms with E-state index in [1.54, 1.807) is 35.3 Å². The van der Waals surface area contributed by atoms with Crippen LogP contribution in [-0.4, -0.2) is 11.3 Å². The number of benzene rings is 2. The van der Waals surface area contributed by atoms with E-state index in [-0.39, 0.29) is 0 Å². The maximum absolute atomic E-state index is 11.8. The van der Waals surface area contributed by atoms with Gasteiger partial charge in [0.1, 0.15) is 6.04 Å². The topological polar surface area (TPSA) is 32.3 Å². The highest BCUT2D eigenvalue weighted by molar-refractivity contribution is 6.65. The monoisotopic (exact) mass is 430 g/mol. The Balaban J connectivity index is 0.00000117. The van der Waals surface area contributed by atoms with Gasteiger partial charge in [-0.1, -0.05) is 60.8 Å². The Hall–Kier alpha value is -1.23. The number of carbonyl (C=O) groups is 1. The standard InChI is InChI=1S/C17H12Cl4N2O.C2H6/c1-9-15(17(21)24)22-23(14-7-6-12(19)8-13(14)20)16(9)10-2-4-11(18)5-3-10;1-2/h2-8,15,22H,1H3;1-2H3. The fourth-order valence-corrected chi connectivity index (χ4v) is 3.47. The van der Waals surface area contributed by atoms with Gasteiger partial charge in [-0.05, 0) is 60.0 Å². The number of nitrogens with one attached hydrogen (secondary N) is 1. The number of rotatable bonds is 3. The smallest absolute Gasteiger partial charge is 0.244 e. The molecule has 1 unspecified atom stereocenters. The van der Waals surface area contributed by atoms with Crippen molar-refractivity contribution >= 4 is 63.0 Å². The first kappa shape index (κ1) is 21.1. The van der Waals surface area contributed by atoms with Crippen LogP contribution in [0.15, 0.2) is 48.0 Å². The summed E-state index contributed by atoms with van der Waals surface area (Å²) in [5, 5.41) is 2.87. The van der Waals surface area contributed by atoms with E-state index in [1.807, 2.05) is 32.9 Å². The lowest BCUT2D eigenvalue weighted by atomic mass is 10.0. The highest BCUT2D eigenvalue weighted by Gasteiger charge is 2.34. The molecule has 0 amide bonds. The first-order valence-corrected chi connectivity index (χ1v) is 9.57. The normalized spacial score (nSPS) is 16.4. The summed E-state index contributed by atoms with van der Waals surface area (Å²) in [6.45, 7) is 5.85. The van der Waals surface area contributed by atoms with E-state index in [0.29, 0.717) is 20.8 Å². The van der Waals surface area contributed by atoms with Crippen molar-refractivity contribution < 1.29 is 4.79 Å². The molecule has 3 nitrogen and oxygen atoms in total. The number of nitrogens with zero attached hydrogens (tertiary/aromatic N) is 1. The van der Waals surface area contributed by atoms with Crippen LogP contribution in [0.4, 0.5) is 5.69 Å². The van der Waals surface area contributed by atoms with Crippen LogP contribution in [0.3, 0.4) is 0 Å². The number of anilines is 1. The summed E-state index contributed by atoms with van der Waals surface area (Å²) in [6.07, 6.45) is 0. The Morgan fingerprint density at radius 2 is 1.58 bits per heavy atom. The molecule has 138 valence electrons. The first-order valence-electron chi connectivity index (χ1n) is 8.06. The molecule has 0 aliphatic carbocycles. The van der Waals surface area contributed by atoms with Crippen LogP contribution in [0, 0.1) is 0 Å². The number of hydrazine groups is 1. The fourth-order valence-electron chi connectivity index (χ4n) is 2.64. The Bertz CT molecular complexity index is 834. The lowest BCUT2D eigenvalue weighted by Gasteiger charge is -2.24. The number of carbonyl (C=O) groups excluding carboxylic acids is 1. The van der Waals surface area contributed by atoms with Crippen molar-refractivity contribution in [3.8, 4) is 0 Å². The SMILES string of the molecule is CC.CC1=C(c2ccc(Cl)cc2)N(c2ccc(Cl)cc2Cl)NC1C(=O)Cl. The maximum atomic E-state index is 11.8. The molecule has 1 atom stereocenters. The average molecular weight is 432 g/mol. The number of hydrogen-bond donors (Lipinski definition) is 1. The second-order valence-electron chi connectivity index (χ2n) is 5.34. The van der Waals surface area contributed by atoms with E-state index in [1.165, 1.54) is 0 Å². The highest BCUT2D eigenvalue weighted by Crippen LogP contribution is 2.38. The third kappa shape index (κ3) is 4.36. The summed E-state index contributed by atoms with van der Waals surface area (Å²) >= 11 is 24.0. The third-order valence-corrected chi connectivity index (χ3v) is 4.79. The molecule has 1 heterocycles. The summed E-state index contributed by atoms with van der Waals surface area (Å²) in [5.41, 5.74) is 6.25. The minimum atomic E-state index is -0.635. The van der Waals surface area contributed by atoms with Crippen LogP contribution < -0.4 is 10.4 Å². The van der Waals surface area contributed by atoms with E-state index >= 15 is 0 Å². The van der Waals surface area contributed by atoms with Gasteiger partial charge in [-0.25, -0.2) is 5.43 Å². The molecule has 2 aromatic carbocycles. The summed E-state index contributed by atoms with van der Waals surface area (Å²) < 4.78 is 0. The van der Waals surface area contributed by atoms with Gasteiger partial charge >= 0.3 is 0 Å². The Morgan fingerprint density at radius 1 is 1.00 bits per heavy atom. The third-order valence-electron chi connectivity index (χ3n) is 3.78. The van der Waals surface area contributed by atoms with Crippen molar-refractivity contribution in [1.29, 1.82) is 0 Å². The van der Waals surface area contributed by atoms with Crippen LogP contribution >= 0.6 is 46.4 Å². The Labute approximate surface area is 173 Å². The van der Waals surface area contributed by atoms with Crippen molar-refractivity contribution in [3.05, 3.63) is 68.7 Å². The quantitative estimate of drug-likeness (QED) is 0.558. The number of halogens is 4. The van der Waals surface area contributed by atoms with Crippen LogP contribution in [0.1, 0.15) is 26.3 Å². The largest absolute Gasteiger partial charge is 0.279 e. The predicted octanol–water partition coefficient (Wildman–Crippen LogP) is 6.56. The number of hydrogen-bond acceptors (Lipinski definition) is 3. The zero-order valence-electron chi connectivity index (χ0n) is 14.5. The molecule has 0 radical (unpaired) electrons. The second-order valence-corrected chi connectivity index (χ2v) is 6.99. The van der Waals surface area contributed by atoms with E-state index in [0.717, 1.165) is 16.8 Å². The van der Waals surface area contributed by atoms with Gasteiger partial charge in [-0.2, -0.15) is 0 Å². The van der Waals surface area contributed by atoms with Crippen molar-refractivity contribution in [2.45, 2.75) is 26.8 Å². The average Bonchev–Trinajstić information content (AvgIpc) is 2.95. The fraction of sp³-hybridized carbons (Fsp3) is 0.211. The van der Waals surface area contributed by atoms with E-state index in [2.05, 4.69) is 5.43 Å². The molecule has 0 spiro atoms. The van der Waals surface area contributed by atoms with Crippen molar-refractivity contribution in [2.24, 2.45) is 0 Å². The molecule has 0 saturated heterocycles. The van der Waals surface area contributed by atoms with Gasteiger partial charge in [0.05, 0.1) is 16.4 Å². The molecule has 0 aromatic heterocycles. The van der Waals surface area contributed by atoms with Crippen LogP contribution in [-0.2, 0) is 4.79 Å². The molecule has 3 rings (SSSR count). The Morgan fingerprint density at radius 3 is 2.12 bits per heavy atom.